The topological polar surface area (TPSA) is 76.1 Å². The third kappa shape index (κ3) is 4.67. The quantitative estimate of drug-likeness (QED) is 0.390. The predicted octanol–water partition coefficient (Wildman–Crippen LogP) is 3.64. The van der Waals surface area contributed by atoms with Crippen molar-refractivity contribution in [2.75, 3.05) is 36.8 Å². The monoisotopic (exact) mass is 479 g/mol. The van der Waals surface area contributed by atoms with Crippen LogP contribution in [0, 0.1) is 11.7 Å². The Bertz CT molecular complexity index is 1150. The van der Waals surface area contributed by atoms with Gasteiger partial charge in [0.1, 0.15) is 5.82 Å². The fourth-order valence-electron chi connectivity index (χ4n) is 5.04. The highest BCUT2D eigenvalue weighted by atomic mass is 32.2. The van der Waals surface area contributed by atoms with Gasteiger partial charge in [-0.3, -0.25) is 4.98 Å². The van der Waals surface area contributed by atoms with E-state index in [-0.39, 0.29) is 5.82 Å². The average Bonchev–Trinajstić information content (AvgIpc) is 3.52. The van der Waals surface area contributed by atoms with Gasteiger partial charge in [0.25, 0.3) is 0 Å². The molecule has 0 radical (unpaired) electrons. The van der Waals surface area contributed by atoms with Crippen LogP contribution in [-0.2, 0) is 7.05 Å². The highest BCUT2D eigenvalue weighted by Crippen LogP contribution is 2.35. The lowest BCUT2D eigenvalue weighted by Crippen LogP contribution is -2.35. The molecule has 2 atom stereocenters. The second kappa shape index (κ2) is 9.76. The highest BCUT2D eigenvalue weighted by Gasteiger charge is 2.40. The maximum Gasteiger partial charge on any atom is 0.191 e. The molecule has 2 aromatic heterocycles. The number of pyridine rings is 1. The Morgan fingerprint density at radius 2 is 2.00 bits per heavy atom. The first-order chi connectivity index (χ1) is 16.5. The van der Waals surface area contributed by atoms with Crippen LogP contribution in [0.1, 0.15) is 18.5 Å². The van der Waals surface area contributed by atoms with E-state index in [4.69, 9.17) is 5.73 Å². The number of fused-ring (bicyclic) bond motifs is 1. The van der Waals surface area contributed by atoms with Gasteiger partial charge < -0.3 is 20.1 Å². The average molecular weight is 480 g/mol. The summed E-state index contributed by atoms with van der Waals surface area (Å²) in [5.41, 5.74) is 8.87. The molecule has 1 aromatic carbocycles. The van der Waals surface area contributed by atoms with Crippen LogP contribution in [0.2, 0.25) is 0 Å². The van der Waals surface area contributed by atoms with E-state index in [1.807, 2.05) is 35.9 Å². The molecule has 7 nitrogen and oxygen atoms in total. The molecule has 34 heavy (non-hydrogen) atoms. The van der Waals surface area contributed by atoms with Crippen LogP contribution in [0.3, 0.4) is 0 Å². The van der Waals surface area contributed by atoms with E-state index < -0.39 is 0 Å². The van der Waals surface area contributed by atoms with Crippen LogP contribution in [0.15, 0.2) is 54.3 Å². The fourth-order valence-corrected chi connectivity index (χ4v) is 5.88. The van der Waals surface area contributed by atoms with E-state index in [1.165, 1.54) is 6.42 Å². The largest absolute Gasteiger partial charge is 0.397 e. The van der Waals surface area contributed by atoms with Gasteiger partial charge in [0.15, 0.2) is 11.0 Å². The van der Waals surface area contributed by atoms with Crippen LogP contribution in [0.5, 0.6) is 0 Å². The minimum absolute atomic E-state index is 0.174. The summed E-state index contributed by atoms with van der Waals surface area (Å²) in [5, 5.41) is 9.64. The Kier molecular flexibility index (Phi) is 6.56. The van der Waals surface area contributed by atoms with Gasteiger partial charge in [-0.2, -0.15) is 0 Å². The second-order valence-corrected chi connectivity index (χ2v) is 10.1. The molecule has 0 unspecified atom stereocenters. The van der Waals surface area contributed by atoms with Crippen molar-refractivity contribution in [3.05, 3.63) is 60.7 Å². The van der Waals surface area contributed by atoms with Crippen LogP contribution >= 0.6 is 11.8 Å². The summed E-state index contributed by atoms with van der Waals surface area (Å²) in [7, 11) is 1.99. The molecule has 2 saturated heterocycles. The van der Waals surface area contributed by atoms with Gasteiger partial charge >= 0.3 is 0 Å². The first kappa shape index (κ1) is 22.9. The number of hydrogen-bond acceptors (Lipinski definition) is 7. The van der Waals surface area contributed by atoms with E-state index in [0.717, 1.165) is 60.6 Å². The van der Waals surface area contributed by atoms with Gasteiger partial charge in [-0.25, -0.2) is 4.39 Å². The Labute approximate surface area is 203 Å². The SMILES string of the molecule is C=C(N)c1ccc(-c2nnc(SCCCN3C[C@@H]4CCN(c5ccc(F)cc5)[C@@H]4C3)n2C)cn1. The normalized spacial score (nSPS) is 20.1. The molecule has 0 aliphatic carbocycles. The van der Waals surface area contributed by atoms with Gasteiger partial charge in [-0.15, -0.1) is 10.2 Å². The number of likely N-dealkylation sites (tertiary alicyclic amines) is 1. The number of benzene rings is 1. The molecule has 0 saturated carbocycles. The predicted molar refractivity (Wildman–Crippen MR) is 135 cm³/mol. The summed E-state index contributed by atoms with van der Waals surface area (Å²) in [6.07, 6.45) is 4.06. The van der Waals surface area contributed by atoms with Gasteiger partial charge in [-0.1, -0.05) is 18.3 Å². The Morgan fingerprint density at radius 3 is 2.74 bits per heavy atom. The standard InChI is InChI=1S/C25H30FN7S/c1-17(27)22-9-4-18(14-28-22)24-29-30-25(31(24)2)34-13-3-11-32-15-19-10-12-33(23(19)16-32)21-7-5-20(26)6-8-21/h4-9,14,19,23H,1,3,10-13,15-16,27H2,2H3/t19-,23+/m0/s1. The molecule has 0 spiro atoms. The third-order valence-electron chi connectivity index (χ3n) is 6.82. The van der Waals surface area contributed by atoms with Crippen LogP contribution in [0.4, 0.5) is 10.1 Å². The summed E-state index contributed by atoms with van der Waals surface area (Å²) in [6, 6.07) is 11.3. The molecule has 2 aliphatic heterocycles. The first-order valence-electron chi connectivity index (χ1n) is 11.7. The highest BCUT2D eigenvalue weighted by molar-refractivity contribution is 7.99. The summed E-state index contributed by atoms with van der Waals surface area (Å²) in [4.78, 5) is 9.38. The third-order valence-corrected chi connectivity index (χ3v) is 7.92. The number of halogens is 1. The summed E-state index contributed by atoms with van der Waals surface area (Å²) in [5.74, 6) is 2.31. The van der Waals surface area contributed by atoms with Gasteiger partial charge in [-0.05, 0) is 61.7 Å². The maximum atomic E-state index is 13.3. The van der Waals surface area contributed by atoms with Crippen molar-refractivity contribution in [3.8, 4) is 11.4 Å². The maximum absolute atomic E-state index is 13.3. The minimum Gasteiger partial charge on any atom is -0.397 e. The number of aromatic nitrogens is 4. The zero-order valence-electron chi connectivity index (χ0n) is 19.4. The zero-order chi connectivity index (χ0) is 23.7. The number of anilines is 1. The molecule has 3 aromatic rings. The molecular formula is C25H30FN7S. The molecule has 178 valence electrons. The van der Waals surface area contributed by atoms with E-state index in [2.05, 4.69) is 31.6 Å². The van der Waals surface area contributed by atoms with E-state index in [9.17, 15) is 4.39 Å². The Balaban J connectivity index is 1.11. The van der Waals surface area contributed by atoms with Crippen molar-refractivity contribution in [1.29, 1.82) is 0 Å². The lowest BCUT2D eigenvalue weighted by molar-refractivity contribution is 0.319. The van der Waals surface area contributed by atoms with Gasteiger partial charge in [0.2, 0.25) is 0 Å². The molecule has 2 aliphatic rings. The number of nitrogens with two attached hydrogens (primary N) is 1. The fraction of sp³-hybridized carbons (Fsp3) is 0.400. The lowest BCUT2D eigenvalue weighted by atomic mass is 10.1. The molecule has 0 amide bonds. The van der Waals surface area contributed by atoms with Crippen molar-refractivity contribution in [3.63, 3.8) is 0 Å². The smallest absolute Gasteiger partial charge is 0.191 e. The molecule has 4 heterocycles. The summed E-state index contributed by atoms with van der Waals surface area (Å²) < 4.78 is 15.3. The van der Waals surface area contributed by atoms with Crippen molar-refractivity contribution in [2.24, 2.45) is 18.7 Å². The van der Waals surface area contributed by atoms with Crippen molar-refractivity contribution in [2.45, 2.75) is 24.0 Å². The van der Waals surface area contributed by atoms with Crippen molar-refractivity contribution < 1.29 is 4.39 Å². The molecule has 0 bridgehead atoms. The number of rotatable bonds is 8. The number of nitrogens with zero attached hydrogens (tertiary/aromatic N) is 6. The van der Waals surface area contributed by atoms with Crippen LogP contribution in [-0.4, -0.2) is 62.6 Å². The molecule has 5 rings (SSSR count). The lowest BCUT2D eigenvalue weighted by Gasteiger charge is -2.27. The molecule has 2 N–H and O–H groups in total. The molecule has 9 heteroatoms. The van der Waals surface area contributed by atoms with Crippen LogP contribution < -0.4 is 10.6 Å². The number of thioether (sulfide) groups is 1. The Hall–Kier alpha value is -2.91. The van der Waals surface area contributed by atoms with E-state index in [1.54, 1.807) is 30.1 Å². The van der Waals surface area contributed by atoms with Gasteiger partial charge in [0, 0.05) is 55.9 Å². The summed E-state index contributed by atoms with van der Waals surface area (Å²) >= 11 is 1.74. The minimum atomic E-state index is -0.174. The van der Waals surface area contributed by atoms with E-state index >= 15 is 0 Å². The number of hydrogen-bond donors (Lipinski definition) is 1. The van der Waals surface area contributed by atoms with Crippen molar-refractivity contribution >= 4 is 23.1 Å². The molecular weight excluding hydrogens is 449 g/mol. The Morgan fingerprint density at radius 1 is 1.18 bits per heavy atom. The zero-order valence-corrected chi connectivity index (χ0v) is 20.2. The van der Waals surface area contributed by atoms with E-state index in [0.29, 0.717) is 23.4 Å². The van der Waals surface area contributed by atoms with Gasteiger partial charge in [0.05, 0.1) is 11.4 Å². The van der Waals surface area contributed by atoms with Crippen LogP contribution in [0.25, 0.3) is 17.1 Å². The molecule has 2 fully saturated rings. The second-order valence-electron chi connectivity index (χ2n) is 9.07. The summed E-state index contributed by atoms with van der Waals surface area (Å²) in [6.45, 7) is 8.10. The van der Waals surface area contributed by atoms with Crippen molar-refractivity contribution in [1.82, 2.24) is 24.6 Å². The first-order valence-corrected chi connectivity index (χ1v) is 12.7.